The van der Waals surface area contributed by atoms with Crippen molar-refractivity contribution in [1.29, 1.82) is 0 Å². The van der Waals surface area contributed by atoms with Crippen LogP contribution in [0, 0.1) is 0 Å². The van der Waals surface area contributed by atoms with Gasteiger partial charge in [0.25, 0.3) is 10.1 Å². The van der Waals surface area contributed by atoms with Gasteiger partial charge in [0.2, 0.25) is 0 Å². The van der Waals surface area contributed by atoms with E-state index in [0.717, 1.165) is 25.2 Å². The Bertz CT molecular complexity index is 1180. The molecule has 1 aliphatic heterocycles. The molecule has 0 aliphatic carbocycles. The van der Waals surface area contributed by atoms with E-state index in [4.69, 9.17) is 25.8 Å². The van der Waals surface area contributed by atoms with E-state index in [1.165, 1.54) is 12.1 Å². The first-order chi connectivity index (χ1) is 15.2. The summed E-state index contributed by atoms with van der Waals surface area (Å²) in [6.45, 7) is -0.558. The quantitative estimate of drug-likeness (QED) is 0.483. The molecule has 1 N–H and O–H groups in total. The lowest BCUT2D eigenvalue weighted by molar-refractivity contribution is -0.140. The van der Waals surface area contributed by atoms with Crippen LogP contribution in [0.25, 0.3) is 0 Å². The van der Waals surface area contributed by atoms with E-state index in [-0.39, 0.29) is 36.0 Å². The van der Waals surface area contributed by atoms with E-state index in [2.05, 4.69) is 4.74 Å². The fourth-order valence-electron chi connectivity index (χ4n) is 2.96. The Morgan fingerprint density at radius 1 is 1.03 bits per heavy atom. The Balaban J connectivity index is 2.12. The molecule has 170 valence electrons. The molecule has 0 atom stereocenters. The van der Waals surface area contributed by atoms with Crippen molar-refractivity contribution >= 4 is 39.3 Å². The van der Waals surface area contributed by atoms with Gasteiger partial charge in [0, 0.05) is 11.1 Å². The number of hydrogen-bond donors (Lipinski definition) is 1. The summed E-state index contributed by atoms with van der Waals surface area (Å²) in [4.78, 5) is 25.1. The third-order valence-electron chi connectivity index (χ3n) is 4.38. The highest BCUT2D eigenvalue weighted by Gasteiger charge is 2.35. The van der Waals surface area contributed by atoms with Crippen LogP contribution in [0.15, 0.2) is 58.6 Å². The third kappa shape index (κ3) is 5.02. The number of carbonyl (C=O) groups excluding carboxylic acids is 2. The van der Waals surface area contributed by atoms with Crippen LogP contribution in [0.1, 0.15) is 0 Å². The van der Waals surface area contributed by atoms with Crippen molar-refractivity contribution in [1.82, 2.24) is 0 Å². The van der Waals surface area contributed by atoms with Gasteiger partial charge in [0.1, 0.15) is 28.8 Å². The van der Waals surface area contributed by atoms with Gasteiger partial charge in [-0.2, -0.15) is 8.42 Å². The van der Waals surface area contributed by atoms with Crippen molar-refractivity contribution in [3.05, 3.63) is 58.8 Å². The van der Waals surface area contributed by atoms with Gasteiger partial charge < -0.3 is 23.8 Å². The van der Waals surface area contributed by atoms with Crippen LogP contribution in [0.3, 0.4) is 0 Å². The number of anilines is 1. The highest BCUT2D eigenvalue weighted by atomic mass is 35.5. The van der Waals surface area contributed by atoms with E-state index in [1.54, 1.807) is 24.3 Å². The number of ether oxygens (including phenoxy) is 4. The second-order valence-electron chi connectivity index (χ2n) is 6.38. The summed E-state index contributed by atoms with van der Waals surface area (Å²) >= 11 is 5.84. The molecule has 1 heterocycles. The zero-order chi connectivity index (χ0) is 23.5. The number of hydrogen-bond acceptors (Lipinski definition) is 9. The van der Waals surface area contributed by atoms with Gasteiger partial charge in [-0.1, -0.05) is 11.6 Å². The molecule has 0 radical (unpaired) electrons. The van der Waals surface area contributed by atoms with E-state index in [9.17, 15) is 22.6 Å². The fourth-order valence-corrected chi connectivity index (χ4v) is 3.79. The second kappa shape index (κ2) is 9.57. The number of rotatable bonds is 6. The molecule has 0 aromatic heterocycles. The molecule has 0 bridgehead atoms. The molecule has 1 aliphatic rings. The number of benzene rings is 2. The van der Waals surface area contributed by atoms with E-state index >= 15 is 0 Å². The van der Waals surface area contributed by atoms with Crippen LogP contribution in [-0.4, -0.2) is 52.5 Å². The number of methoxy groups -OCH3 is 2. The first kappa shape index (κ1) is 23.5. The summed E-state index contributed by atoms with van der Waals surface area (Å²) in [5, 5.41) is 0.486. The average Bonchev–Trinajstić information content (AvgIpc) is 2.78. The predicted molar refractivity (Wildman–Crippen MR) is 112 cm³/mol. The van der Waals surface area contributed by atoms with Crippen LogP contribution in [0.5, 0.6) is 11.5 Å². The van der Waals surface area contributed by atoms with Gasteiger partial charge in [0.15, 0.2) is 0 Å². The first-order valence-corrected chi connectivity index (χ1v) is 10.8. The molecule has 0 saturated carbocycles. The summed E-state index contributed by atoms with van der Waals surface area (Å²) in [7, 11) is -2.57. The lowest BCUT2D eigenvalue weighted by Gasteiger charge is -2.32. The molecule has 2 aromatic rings. The highest BCUT2D eigenvalue weighted by Crippen LogP contribution is 2.35. The average molecular weight is 484 g/mol. The molecule has 3 rings (SSSR count). The molecule has 2 aromatic carbocycles. The van der Waals surface area contributed by atoms with Crippen molar-refractivity contribution < 1.29 is 41.5 Å². The molecule has 0 unspecified atom stereocenters. The summed E-state index contributed by atoms with van der Waals surface area (Å²) in [5.41, 5.74) is -0.590. The molecular weight excluding hydrogens is 466 g/mol. The molecule has 32 heavy (non-hydrogen) atoms. The molecular formula is C20H18ClNO9S. The number of carbonyl (C=O) groups is 2. The summed E-state index contributed by atoms with van der Waals surface area (Å²) < 4.78 is 54.5. The topological polar surface area (TPSA) is 129 Å². The van der Waals surface area contributed by atoms with Crippen LogP contribution in [-0.2, 0) is 33.9 Å². The lowest BCUT2D eigenvalue weighted by atomic mass is 10.1. The number of halogens is 1. The number of esters is 2. The fraction of sp³-hybridized carbons (Fsp3) is 0.200. The molecule has 0 spiro atoms. The second-order valence-corrected chi connectivity index (χ2v) is 8.20. The maximum Gasteiger partial charge on any atom is 0.355 e. The first-order valence-electron chi connectivity index (χ1n) is 8.95. The van der Waals surface area contributed by atoms with E-state index < -0.39 is 27.0 Å². The zero-order valence-electron chi connectivity index (χ0n) is 16.9. The summed E-state index contributed by atoms with van der Waals surface area (Å²) in [5.74, 6) is -1.33. The van der Waals surface area contributed by atoms with Gasteiger partial charge in [-0.15, -0.1) is 0 Å². The molecule has 0 amide bonds. The standard InChI is InChI=1S/C20H18ClNO9S/c1-28-19(23)15-10-30-11-22(18(15)20(24)29-2)16-8-7-14(9-17(16)32(25,26)27)31-13-5-3-12(21)4-6-13/h3-9H,10-11H2,1-2H3,(H,25,26,27). The van der Waals surface area contributed by atoms with Crippen LogP contribution < -0.4 is 9.64 Å². The predicted octanol–water partition coefficient (Wildman–Crippen LogP) is 2.77. The Labute approximate surface area is 188 Å². The minimum atomic E-state index is -4.79. The Kier molecular flexibility index (Phi) is 7.04. The van der Waals surface area contributed by atoms with Crippen LogP contribution in [0.4, 0.5) is 5.69 Å². The Morgan fingerprint density at radius 2 is 1.66 bits per heavy atom. The highest BCUT2D eigenvalue weighted by molar-refractivity contribution is 7.86. The van der Waals surface area contributed by atoms with Crippen molar-refractivity contribution in [2.45, 2.75) is 4.90 Å². The van der Waals surface area contributed by atoms with Gasteiger partial charge in [0.05, 0.1) is 32.1 Å². The smallest absolute Gasteiger partial charge is 0.355 e. The van der Waals surface area contributed by atoms with Crippen molar-refractivity contribution in [2.75, 3.05) is 32.5 Å². The van der Waals surface area contributed by atoms with Crippen molar-refractivity contribution in [3.8, 4) is 11.5 Å². The zero-order valence-corrected chi connectivity index (χ0v) is 18.5. The molecule has 10 nitrogen and oxygen atoms in total. The molecule has 0 fully saturated rings. The Morgan fingerprint density at radius 3 is 2.25 bits per heavy atom. The lowest BCUT2D eigenvalue weighted by Crippen LogP contribution is -2.39. The van der Waals surface area contributed by atoms with Gasteiger partial charge in [-0.05, 0) is 36.4 Å². The summed E-state index contributed by atoms with van der Waals surface area (Å²) in [6, 6.07) is 10.1. The summed E-state index contributed by atoms with van der Waals surface area (Å²) in [6.07, 6.45) is 0. The SMILES string of the molecule is COC(=O)C1=C(C(=O)OC)N(c2ccc(Oc3ccc(Cl)cc3)cc2S(=O)(=O)O)COC1. The largest absolute Gasteiger partial charge is 0.466 e. The number of nitrogens with zero attached hydrogens (tertiary/aromatic N) is 1. The monoisotopic (exact) mass is 483 g/mol. The maximum atomic E-state index is 12.4. The van der Waals surface area contributed by atoms with E-state index in [0.29, 0.717) is 10.8 Å². The van der Waals surface area contributed by atoms with Crippen LogP contribution in [0.2, 0.25) is 5.02 Å². The third-order valence-corrected chi connectivity index (χ3v) is 5.52. The van der Waals surface area contributed by atoms with Gasteiger partial charge in [-0.3, -0.25) is 4.55 Å². The van der Waals surface area contributed by atoms with Gasteiger partial charge in [-0.25, -0.2) is 9.59 Å². The van der Waals surface area contributed by atoms with E-state index in [1.807, 2.05) is 0 Å². The Hall–Kier alpha value is -3.12. The van der Waals surface area contributed by atoms with Crippen molar-refractivity contribution in [3.63, 3.8) is 0 Å². The maximum absolute atomic E-state index is 12.4. The normalized spacial score (nSPS) is 14.2. The van der Waals surface area contributed by atoms with Crippen LogP contribution >= 0.6 is 11.6 Å². The molecule has 0 saturated heterocycles. The minimum Gasteiger partial charge on any atom is -0.466 e. The minimum absolute atomic E-state index is 0.0819. The molecule has 12 heteroatoms. The van der Waals surface area contributed by atoms with Gasteiger partial charge >= 0.3 is 11.9 Å². The van der Waals surface area contributed by atoms with Crippen molar-refractivity contribution in [2.24, 2.45) is 0 Å².